The molecule has 17 nitrogen and oxygen atoms in total. The largest absolute Gasteiger partial charge is 0.509 e. The highest BCUT2D eigenvalue weighted by atomic mass is 16.8. The van der Waals surface area contributed by atoms with Gasteiger partial charge in [-0.15, -0.1) is 0 Å². The maximum Gasteiger partial charge on any atom is 0.509 e. The Kier molecular flexibility index (Phi) is 20.4. The van der Waals surface area contributed by atoms with E-state index in [0.29, 0.717) is 12.0 Å². The minimum atomic E-state index is -2.37. The summed E-state index contributed by atoms with van der Waals surface area (Å²) in [5, 5.41) is 52.4. The number of carbonyl (C=O) groups excluding carboxylic acids is 5. The molecule has 424 valence electrons. The fourth-order valence-corrected chi connectivity index (χ4v) is 12.4. The molecule has 2 saturated carbocycles. The van der Waals surface area contributed by atoms with Crippen molar-refractivity contribution in [3.05, 3.63) is 95.1 Å². The summed E-state index contributed by atoms with van der Waals surface area (Å²) in [5.74, 6) is -5.14. The Morgan fingerprint density at radius 2 is 1.45 bits per heavy atom. The van der Waals surface area contributed by atoms with Crippen molar-refractivity contribution in [1.82, 2.24) is 5.32 Å². The maximum absolute atomic E-state index is 15.1. The Hall–Kier alpha value is -5.01. The zero-order chi connectivity index (χ0) is 55.5. The number of esters is 2. The van der Waals surface area contributed by atoms with Crippen molar-refractivity contribution >= 4 is 29.8 Å². The first-order valence-corrected chi connectivity index (χ1v) is 28.0. The third-order valence-electron chi connectivity index (χ3n) is 17.1. The molecule has 0 aromatic heterocycles. The second-order valence-corrected chi connectivity index (χ2v) is 22.6. The van der Waals surface area contributed by atoms with Gasteiger partial charge in [0.1, 0.15) is 36.1 Å². The molecule has 0 spiro atoms. The summed E-state index contributed by atoms with van der Waals surface area (Å²) in [6, 6.07) is 15.0. The van der Waals surface area contributed by atoms with E-state index in [2.05, 4.69) is 24.4 Å². The Balaban J connectivity index is 1.06. The van der Waals surface area contributed by atoms with E-state index in [-0.39, 0.29) is 43.0 Å². The van der Waals surface area contributed by atoms with Gasteiger partial charge in [-0.25, -0.2) is 9.59 Å². The van der Waals surface area contributed by atoms with Crippen LogP contribution in [-0.4, -0.2) is 130 Å². The summed E-state index contributed by atoms with van der Waals surface area (Å²) in [6.45, 7) is 8.86. The number of aliphatic hydroxyl groups excluding tert-OH is 2. The predicted molar refractivity (Wildman–Crippen MR) is 283 cm³/mol. The summed E-state index contributed by atoms with van der Waals surface area (Å²) in [6.07, 6.45) is 7.83. The lowest BCUT2D eigenvalue weighted by Crippen LogP contribution is -2.80. The highest BCUT2D eigenvalue weighted by molar-refractivity contribution is 5.96. The number of allylic oxidation sites excluding steroid dienone is 2. The standard InChI is InChI=1S/C60H83NO16/c1-7-8-9-10-11-12-13-14-15-16-17-18-19-20-27-32-46-71-35-42(75-46)36-72-56(68)77-50(48(40-28-23-21-24-29-40)61-54(66)41-30-25-22-26-31-41)55(67)76-43-34-60(70)53(65)51-58(6,44(63)33-45-59(51,69)37-73-45)52(64)49(74-39(3)62)47(38(43)2)57(60,4)5/h14-15,21-26,28-31,42-46,48-51,53,63,65,69-70H,7-13,16-20,27,32-37H2,1-6H3,(H,61,66)/b15-14-/t42-,43+,44+,45-,46?,48+,49-,50-,51+,53+,58-,59+,60-/m1/s1. The van der Waals surface area contributed by atoms with Gasteiger partial charge in [0.2, 0.25) is 6.10 Å². The molecule has 2 aromatic carbocycles. The summed E-state index contributed by atoms with van der Waals surface area (Å²) in [5.41, 5.74) is -7.16. The van der Waals surface area contributed by atoms with Gasteiger partial charge < -0.3 is 58.9 Å². The van der Waals surface area contributed by atoms with E-state index < -0.39 is 119 Å². The second-order valence-electron chi connectivity index (χ2n) is 22.6. The van der Waals surface area contributed by atoms with Crippen LogP contribution in [0.3, 0.4) is 0 Å². The van der Waals surface area contributed by atoms with Gasteiger partial charge >= 0.3 is 18.1 Å². The van der Waals surface area contributed by atoms with Gasteiger partial charge in [-0.3, -0.25) is 14.4 Å². The number of ketones is 1. The molecule has 5 aliphatic rings. The lowest BCUT2D eigenvalue weighted by atomic mass is 9.45. The normalized spacial score (nSPS) is 31.2. The van der Waals surface area contributed by atoms with Crippen LogP contribution in [0.15, 0.2) is 84.0 Å². The fraction of sp³-hybridized carbons (Fsp3) is 0.650. The Morgan fingerprint density at radius 3 is 2.08 bits per heavy atom. The molecule has 1 unspecified atom stereocenters. The molecule has 2 aliphatic heterocycles. The highest BCUT2D eigenvalue weighted by Crippen LogP contribution is 2.63. The summed E-state index contributed by atoms with van der Waals surface area (Å²) in [7, 11) is 0. The van der Waals surface area contributed by atoms with E-state index in [1.807, 2.05) is 0 Å². The number of benzene rings is 2. The molecule has 0 radical (unpaired) electrons. The van der Waals surface area contributed by atoms with Crippen molar-refractivity contribution in [2.24, 2.45) is 16.7 Å². The zero-order valence-corrected chi connectivity index (χ0v) is 45.8. The number of hydrogen-bond donors (Lipinski definition) is 5. The highest BCUT2D eigenvalue weighted by Gasteiger charge is 2.75. The second kappa shape index (κ2) is 26.3. The van der Waals surface area contributed by atoms with E-state index in [1.54, 1.807) is 74.5 Å². The number of fused-ring (bicyclic) bond motifs is 5. The maximum atomic E-state index is 15.1. The minimum Gasteiger partial charge on any atom is -0.455 e. The van der Waals surface area contributed by atoms with Crippen LogP contribution in [0.2, 0.25) is 0 Å². The smallest absolute Gasteiger partial charge is 0.455 e. The number of rotatable bonds is 25. The Labute approximate surface area is 453 Å². The number of ether oxygens (including phenoxy) is 7. The number of aliphatic hydroxyl groups is 4. The number of nitrogens with one attached hydrogen (secondary N) is 1. The summed E-state index contributed by atoms with van der Waals surface area (Å²) >= 11 is 0. The van der Waals surface area contributed by atoms with Gasteiger partial charge in [0.25, 0.3) is 5.91 Å². The van der Waals surface area contributed by atoms with Gasteiger partial charge in [-0.2, -0.15) is 0 Å². The van der Waals surface area contributed by atoms with Crippen LogP contribution in [0.1, 0.15) is 166 Å². The Bertz CT molecular complexity index is 2390. The first-order valence-electron chi connectivity index (χ1n) is 28.0. The number of carbonyl (C=O) groups is 5. The molecule has 7 rings (SSSR count). The van der Waals surface area contributed by atoms with Crippen molar-refractivity contribution in [1.29, 1.82) is 0 Å². The first kappa shape index (κ1) is 59.6. The number of amides is 1. The SMILES string of the molecule is CCCCCCCC/C=C\CCCCCCCC1OC[C@H](COC(=O)O[C@@H](C(=O)O[C@H]2C[C@@]3(O)[C@@H](O)[C@@H]4[C@]5(O)CO[C@@H]5C[C@H](O)[C@@]4(C)C(=O)[C@H](OC(C)=O)C(=C2C)C3(C)C)[C@@H](NC(=O)c2ccccc2)c2ccccc2)O1. The van der Waals surface area contributed by atoms with Crippen molar-refractivity contribution in [2.75, 3.05) is 19.8 Å². The van der Waals surface area contributed by atoms with E-state index in [4.69, 9.17) is 33.2 Å². The molecule has 4 fully saturated rings. The number of hydrogen-bond acceptors (Lipinski definition) is 16. The number of Topliss-reactive ketones (excluding diaryl/α,β-unsaturated/α-hetero) is 1. The van der Waals surface area contributed by atoms with Crippen LogP contribution in [0.25, 0.3) is 0 Å². The molecule has 13 atom stereocenters. The Morgan fingerprint density at radius 1 is 0.831 bits per heavy atom. The van der Waals surface area contributed by atoms with Crippen molar-refractivity contribution in [2.45, 2.75) is 211 Å². The zero-order valence-electron chi connectivity index (χ0n) is 45.8. The first-order chi connectivity index (χ1) is 36.8. The van der Waals surface area contributed by atoms with Gasteiger partial charge in [0, 0.05) is 36.7 Å². The van der Waals surface area contributed by atoms with E-state index in [1.165, 1.54) is 52.4 Å². The lowest BCUT2D eigenvalue weighted by molar-refractivity contribution is -0.344. The molecule has 2 heterocycles. The van der Waals surface area contributed by atoms with E-state index in [9.17, 15) is 34.8 Å². The molecule has 2 bridgehead atoms. The van der Waals surface area contributed by atoms with Gasteiger partial charge in [0.15, 0.2) is 18.2 Å². The van der Waals surface area contributed by atoms with Crippen LogP contribution in [0.4, 0.5) is 4.79 Å². The molecule has 3 aliphatic carbocycles. The quantitative estimate of drug-likeness (QED) is 0.0272. The van der Waals surface area contributed by atoms with Gasteiger partial charge in [-0.05, 0) is 81.2 Å². The molecule has 5 N–H and O–H groups in total. The molecule has 2 aromatic rings. The summed E-state index contributed by atoms with van der Waals surface area (Å²) < 4.78 is 41.1. The third kappa shape index (κ3) is 13.2. The van der Waals surface area contributed by atoms with Gasteiger partial charge in [0.05, 0.1) is 36.9 Å². The van der Waals surface area contributed by atoms with Crippen molar-refractivity contribution in [3.63, 3.8) is 0 Å². The molecular weight excluding hydrogens is 991 g/mol. The third-order valence-corrected chi connectivity index (χ3v) is 17.1. The predicted octanol–water partition coefficient (Wildman–Crippen LogP) is 8.24. The van der Waals surface area contributed by atoms with Crippen LogP contribution >= 0.6 is 0 Å². The van der Waals surface area contributed by atoms with Crippen LogP contribution in [0.5, 0.6) is 0 Å². The molecule has 2 saturated heterocycles. The monoisotopic (exact) mass is 1070 g/mol. The molecule has 1 amide bonds. The molecule has 77 heavy (non-hydrogen) atoms. The fourth-order valence-electron chi connectivity index (χ4n) is 12.4. The summed E-state index contributed by atoms with van der Waals surface area (Å²) in [4.78, 5) is 70.9. The lowest BCUT2D eigenvalue weighted by Gasteiger charge is -2.66. The molecular formula is C60H83NO16. The molecule has 17 heteroatoms. The average Bonchev–Trinajstić information content (AvgIpc) is 3.94. The van der Waals surface area contributed by atoms with E-state index in [0.717, 1.165) is 51.9 Å². The van der Waals surface area contributed by atoms with E-state index >= 15 is 9.59 Å². The van der Waals surface area contributed by atoms with Gasteiger partial charge in [-0.1, -0.05) is 133 Å². The van der Waals surface area contributed by atoms with Crippen LogP contribution in [-0.2, 0) is 47.5 Å². The minimum absolute atomic E-state index is 0.00245. The number of unbranched alkanes of at least 4 members (excludes halogenated alkanes) is 11. The van der Waals surface area contributed by atoms with Crippen LogP contribution in [0, 0.1) is 16.7 Å². The van der Waals surface area contributed by atoms with Crippen LogP contribution < -0.4 is 5.32 Å². The van der Waals surface area contributed by atoms with Crippen molar-refractivity contribution < 1.29 is 77.6 Å². The topological polar surface area (TPSA) is 243 Å². The average molecular weight is 1070 g/mol. The van der Waals surface area contributed by atoms with Crippen molar-refractivity contribution in [3.8, 4) is 0 Å².